The van der Waals surface area contributed by atoms with Crippen LogP contribution in [0, 0.1) is 0 Å². The number of hydrazine groups is 1. The third-order valence-corrected chi connectivity index (χ3v) is 4.25. The van der Waals surface area contributed by atoms with E-state index in [-0.39, 0.29) is 0 Å². The largest absolute Gasteiger partial charge is 0.248 e. The van der Waals surface area contributed by atoms with E-state index < -0.39 is 0 Å². The lowest BCUT2D eigenvalue weighted by Crippen LogP contribution is -2.42. The van der Waals surface area contributed by atoms with E-state index in [1.165, 1.54) is 49.0 Å². The summed E-state index contributed by atoms with van der Waals surface area (Å²) >= 11 is 0. The van der Waals surface area contributed by atoms with Crippen molar-refractivity contribution in [2.75, 3.05) is 13.1 Å². The van der Waals surface area contributed by atoms with Crippen molar-refractivity contribution in [3.05, 3.63) is 60.2 Å². The average Bonchev–Trinajstić information content (AvgIpc) is 2.57. The molecule has 110 valence electrons. The molecule has 0 spiro atoms. The topological polar surface area (TPSA) is 15.3 Å². The second kappa shape index (κ2) is 6.88. The van der Waals surface area contributed by atoms with Crippen LogP contribution in [0.1, 0.15) is 37.8 Å². The molecular weight excluding hydrogens is 256 g/mol. The van der Waals surface area contributed by atoms with Crippen molar-refractivity contribution in [2.45, 2.75) is 32.2 Å². The molecule has 0 aliphatic carbocycles. The van der Waals surface area contributed by atoms with Crippen molar-refractivity contribution < 1.29 is 0 Å². The van der Waals surface area contributed by atoms with Crippen molar-refractivity contribution in [1.82, 2.24) is 10.4 Å². The van der Waals surface area contributed by atoms with E-state index in [2.05, 4.69) is 72.0 Å². The summed E-state index contributed by atoms with van der Waals surface area (Å²) in [7, 11) is 0. The first-order valence-electron chi connectivity index (χ1n) is 7.99. The Morgan fingerprint density at radius 3 is 2.10 bits per heavy atom. The quantitative estimate of drug-likeness (QED) is 0.892. The minimum Gasteiger partial charge on any atom is -0.248 e. The average molecular weight is 280 g/mol. The van der Waals surface area contributed by atoms with Gasteiger partial charge in [0.25, 0.3) is 0 Å². The Kier molecular flexibility index (Phi) is 4.69. The van der Waals surface area contributed by atoms with Crippen molar-refractivity contribution in [2.24, 2.45) is 0 Å². The number of benzene rings is 2. The fourth-order valence-corrected chi connectivity index (χ4v) is 2.97. The smallest absolute Gasteiger partial charge is 0.0436 e. The van der Waals surface area contributed by atoms with Gasteiger partial charge in [-0.05, 0) is 36.5 Å². The Bertz CT molecular complexity index is 542. The van der Waals surface area contributed by atoms with Crippen LogP contribution < -0.4 is 5.43 Å². The molecular formula is C19H24N2. The number of piperidine rings is 1. The molecule has 1 aliphatic rings. The maximum absolute atomic E-state index is 3.63. The van der Waals surface area contributed by atoms with Crippen molar-refractivity contribution >= 4 is 0 Å². The Morgan fingerprint density at radius 2 is 1.43 bits per heavy atom. The van der Waals surface area contributed by atoms with E-state index in [1.807, 2.05) is 0 Å². The van der Waals surface area contributed by atoms with Crippen LogP contribution in [0.4, 0.5) is 0 Å². The van der Waals surface area contributed by atoms with Gasteiger partial charge in [-0.2, -0.15) is 0 Å². The highest BCUT2D eigenvalue weighted by atomic mass is 15.5. The van der Waals surface area contributed by atoms with Crippen LogP contribution in [0.15, 0.2) is 54.6 Å². The predicted octanol–water partition coefficient (Wildman–Crippen LogP) is 4.41. The lowest BCUT2D eigenvalue weighted by molar-refractivity contribution is 0.133. The predicted molar refractivity (Wildman–Crippen MR) is 88.9 cm³/mol. The third-order valence-electron chi connectivity index (χ3n) is 4.25. The highest BCUT2D eigenvalue weighted by Gasteiger charge is 2.13. The number of nitrogens with one attached hydrogen (secondary N) is 1. The minimum atomic E-state index is 0.368. The first kappa shape index (κ1) is 14.3. The molecule has 2 aromatic rings. The fraction of sp³-hybridized carbons (Fsp3) is 0.368. The van der Waals surface area contributed by atoms with Gasteiger partial charge in [0.2, 0.25) is 0 Å². The molecule has 1 saturated heterocycles. The standard InChI is InChI=1S/C19H24N2/c1-16(20-21-14-6-3-7-15-21)17-10-12-19(13-11-17)18-8-4-2-5-9-18/h2,4-5,8-13,16,20H,3,6-7,14-15H2,1H3. The molecule has 2 heteroatoms. The lowest BCUT2D eigenvalue weighted by Gasteiger charge is -2.30. The molecule has 2 aromatic carbocycles. The van der Waals surface area contributed by atoms with Crippen LogP contribution in [0.5, 0.6) is 0 Å². The van der Waals surface area contributed by atoms with Crippen LogP contribution in [0.3, 0.4) is 0 Å². The molecule has 0 radical (unpaired) electrons. The van der Waals surface area contributed by atoms with Crippen LogP contribution in [-0.4, -0.2) is 18.1 Å². The van der Waals surface area contributed by atoms with Gasteiger partial charge in [-0.1, -0.05) is 61.0 Å². The van der Waals surface area contributed by atoms with Gasteiger partial charge in [-0.3, -0.25) is 0 Å². The first-order valence-corrected chi connectivity index (χ1v) is 7.99. The van der Waals surface area contributed by atoms with Gasteiger partial charge in [0, 0.05) is 19.1 Å². The Balaban J connectivity index is 1.66. The molecule has 1 aliphatic heterocycles. The summed E-state index contributed by atoms with van der Waals surface area (Å²) in [4.78, 5) is 0. The van der Waals surface area contributed by atoms with Crippen molar-refractivity contribution in [1.29, 1.82) is 0 Å². The molecule has 0 bridgehead atoms. The number of hydrogen-bond donors (Lipinski definition) is 1. The molecule has 1 atom stereocenters. The zero-order valence-electron chi connectivity index (χ0n) is 12.8. The van der Waals surface area contributed by atoms with E-state index in [0.29, 0.717) is 6.04 Å². The monoisotopic (exact) mass is 280 g/mol. The molecule has 0 aromatic heterocycles. The first-order chi connectivity index (χ1) is 10.3. The van der Waals surface area contributed by atoms with Crippen LogP contribution in [-0.2, 0) is 0 Å². The summed E-state index contributed by atoms with van der Waals surface area (Å²) < 4.78 is 0. The maximum atomic E-state index is 3.63. The zero-order chi connectivity index (χ0) is 14.5. The minimum absolute atomic E-state index is 0.368. The molecule has 21 heavy (non-hydrogen) atoms. The molecule has 1 unspecified atom stereocenters. The van der Waals surface area contributed by atoms with Gasteiger partial charge in [-0.15, -0.1) is 0 Å². The highest BCUT2D eigenvalue weighted by Crippen LogP contribution is 2.22. The summed E-state index contributed by atoms with van der Waals surface area (Å²) in [6.07, 6.45) is 4.00. The highest BCUT2D eigenvalue weighted by molar-refractivity contribution is 5.63. The molecule has 1 fully saturated rings. The van der Waals surface area contributed by atoms with Gasteiger partial charge in [0.15, 0.2) is 0 Å². The van der Waals surface area contributed by atoms with Crippen LogP contribution in [0.2, 0.25) is 0 Å². The van der Waals surface area contributed by atoms with E-state index in [0.717, 1.165) is 0 Å². The van der Waals surface area contributed by atoms with Gasteiger partial charge in [0.1, 0.15) is 0 Å². The third kappa shape index (κ3) is 3.72. The normalized spacial score (nSPS) is 17.6. The lowest BCUT2D eigenvalue weighted by atomic mass is 10.0. The maximum Gasteiger partial charge on any atom is 0.0436 e. The van der Waals surface area contributed by atoms with Crippen molar-refractivity contribution in [3.63, 3.8) is 0 Å². The molecule has 1 heterocycles. The van der Waals surface area contributed by atoms with E-state index in [9.17, 15) is 0 Å². The van der Waals surface area contributed by atoms with E-state index in [1.54, 1.807) is 0 Å². The van der Waals surface area contributed by atoms with Gasteiger partial charge in [-0.25, -0.2) is 10.4 Å². The number of hydrogen-bond acceptors (Lipinski definition) is 2. The second-order valence-electron chi connectivity index (χ2n) is 5.89. The summed E-state index contributed by atoms with van der Waals surface area (Å²) in [6, 6.07) is 19.8. The van der Waals surface area contributed by atoms with Gasteiger partial charge >= 0.3 is 0 Å². The number of nitrogens with zero attached hydrogens (tertiary/aromatic N) is 1. The molecule has 0 saturated carbocycles. The van der Waals surface area contributed by atoms with E-state index >= 15 is 0 Å². The SMILES string of the molecule is CC(NN1CCCCC1)c1ccc(-c2ccccc2)cc1. The molecule has 0 amide bonds. The fourth-order valence-electron chi connectivity index (χ4n) is 2.97. The van der Waals surface area contributed by atoms with Crippen LogP contribution >= 0.6 is 0 Å². The van der Waals surface area contributed by atoms with E-state index in [4.69, 9.17) is 0 Å². The summed E-state index contributed by atoms with van der Waals surface area (Å²) in [5, 5.41) is 2.37. The Labute approximate surface area is 127 Å². The Hall–Kier alpha value is -1.64. The van der Waals surface area contributed by atoms with Gasteiger partial charge < -0.3 is 0 Å². The van der Waals surface area contributed by atoms with Crippen LogP contribution in [0.25, 0.3) is 11.1 Å². The Morgan fingerprint density at radius 1 is 0.810 bits per heavy atom. The zero-order valence-corrected chi connectivity index (χ0v) is 12.8. The molecule has 2 nitrogen and oxygen atoms in total. The summed E-state index contributed by atoms with van der Waals surface area (Å²) in [5.41, 5.74) is 7.54. The summed E-state index contributed by atoms with van der Waals surface area (Å²) in [6.45, 7) is 4.59. The molecule has 3 rings (SSSR count). The number of rotatable bonds is 4. The van der Waals surface area contributed by atoms with Crippen molar-refractivity contribution in [3.8, 4) is 11.1 Å². The molecule has 1 N–H and O–H groups in total. The summed E-state index contributed by atoms with van der Waals surface area (Å²) in [5.74, 6) is 0. The second-order valence-corrected chi connectivity index (χ2v) is 5.89. The van der Waals surface area contributed by atoms with Gasteiger partial charge in [0.05, 0.1) is 0 Å².